The summed E-state index contributed by atoms with van der Waals surface area (Å²) in [5.74, 6) is 0.979. The van der Waals surface area contributed by atoms with Crippen LogP contribution in [0, 0.1) is 0 Å². The monoisotopic (exact) mass is 301 g/mol. The first kappa shape index (κ1) is 16.5. The normalized spacial score (nSPS) is 15.6. The highest BCUT2D eigenvalue weighted by atomic mass is 35.5. The maximum atomic E-state index is 10.5. The van der Waals surface area contributed by atoms with Crippen molar-refractivity contribution in [3.05, 3.63) is 18.3 Å². The maximum absolute atomic E-state index is 10.5. The van der Waals surface area contributed by atoms with Gasteiger partial charge < -0.3 is 14.7 Å². The number of carboxylic acid groups (broad SMARTS) is 1. The van der Waals surface area contributed by atoms with Gasteiger partial charge in [0.2, 0.25) is 0 Å². The highest BCUT2D eigenvalue weighted by molar-refractivity contribution is 5.85. The summed E-state index contributed by atoms with van der Waals surface area (Å²) in [6.45, 7) is 4.08. The van der Waals surface area contributed by atoms with Crippen molar-refractivity contribution >= 4 is 24.2 Å². The van der Waals surface area contributed by atoms with E-state index in [1.54, 1.807) is 13.3 Å². The molecule has 1 N–H and O–H groups in total. The second-order valence-electron chi connectivity index (χ2n) is 4.53. The summed E-state index contributed by atoms with van der Waals surface area (Å²) in [5.41, 5.74) is 0. The molecular formula is C13H20ClN3O3. The number of pyridine rings is 1. The number of carbonyl (C=O) groups is 1. The third kappa shape index (κ3) is 4.54. The molecule has 0 aliphatic carbocycles. The molecule has 1 aliphatic heterocycles. The van der Waals surface area contributed by atoms with Crippen LogP contribution in [0.2, 0.25) is 0 Å². The Bertz CT molecular complexity index is 437. The maximum Gasteiger partial charge on any atom is 0.304 e. The number of carboxylic acids is 1. The van der Waals surface area contributed by atoms with Gasteiger partial charge in [0.25, 0.3) is 0 Å². The van der Waals surface area contributed by atoms with E-state index in [-0.39, 0.29) is 18.8 Å². The standard InChI is InChI=1S/C13H19N3O3.ClH/c1-19-11-2-4-14-12(10-11)16-8-6-15(7-9-16)5-3-13(17)18;/h2,4,10H,3,5-9H2,1H3,(H,17,18);1H. The van der Waals surface area contributed by atoms with Crippen LogP contribution >= 0.6 is 12.4 Å². The minimum absolute atomic E-state index is 0. The van der Waals surface area contributed by atoms with Gasteiger partial charge in [0, 0.05) is 45.0 Å². The number of hydrogen-bond acceptors (Lipinski definition) is 5. The first-order chi connectivity index (χ1) is 9.19. The fourth-order valence-corrected chi connectivity index (χ4v) is 2.15. The molecule has 6 nitrogen and oxygen atoms in total. The molecule has 0 radical (unpaired) electrons. The van der Waals surface area contributed by atoms with Crippen molar-refractivity contribution in [1.29, 1.82) is 0 Å². The average molecular weight is 302 g/mol. The zero-order valence-electron chi connectivity index (χ0n) is 11.5. The van der Waals surface area contributed by atoms with Crippen molar-refractivity contribution in [1.82, 2.24) is 9.88 Å². The first-order valence-corrected chi connectivity index (χ1v) is 6.38. The third-order valence-corrected chi connectivity index (χ3v) is 3.29. The van der Waals surface area contributed by atoms with Crippen molar-refractivity contribution in [3.8, 4) is 5.75 Å². The molecule has 1 aromatic rings. The van der Waals surface area contributed by atoms with E-state index in [2.05, 4.69) is 14.8 Å². The summed E-state index contributed by atoms with van der Waals surface area (Å²) in [6, 6.07) is 3.75. The SMILES string of the molecule is COc1ccnc(N2CCN(CCC(=O)O)CC2)c1.Cl. The van der Waals surface area contributed by atoms with Crippen LogP contribution in [0.1, 0.15) is 6.42 Å². The number of rotatable bonds is 5. The van der Waals surface area contributed by atoms with Gasteiger partial charge in [-0.15, -0.1) is 12.4 Å². The summed E-state index contributed by atoms with van der Waals surface area (Å²) in [6.07, 6.45) is 1.95. The van der Waals surface area contributed by atoms with Gasteiger partial charge >= 0.3 is 5.97 Å². The van der Waals surface area contributed by atoms with Crippen LogP contribution in [-0.4, -0.2) is 60.8 Å². The van der Waals surface area contributed by atoms with E-state index >= 15 is 0 Å². The summed E-state index contributed by atoms with van der Waals surface area (Å²) in [4.78, 5) is 19.2. The fraction of sp³-hybridized carbons (Fsp3) is 0.538. The number of aliphatic carboxylic acids is 1. The Kier molecular flexibility index (Phi) is 6.54. The number of anilines is 1. The van der Waals surface area contributed by atoms with E-state index in [0.717, 1.165) is 37.7 Å². The van der Waals surface area contributed by atoms with Gasteiger partial charge in [-0.25, -0.2) is 4.98 Å². The van der Waals surface area contributed by atoms with Crippen molar-refractivity contribution in [3.63, 3.8) is 0 Å². The topological polar surface area (TPSA) is 65.9 Å². The number of ether oxygens (including phenoxy) is 1. The van der Waals surface area contributed by atoms with E-state index in [0.29, 0.717) is 6.54 Å². The van der Waals surface area contributed by atoms with E-state index < -0.39 is 5.97 Å². The fourth-order valence-electron chi connectivity index (χ4n) is 2.15. The molecule has 7 heteroatoms. The predicted octanol–water partition coefficient (Wildman–Crippen LogP) is 1.11. The number of piperazine rings is 1. The number of aromatic nitrogens is 1. The van der Waals surface area contributed by atoms with Crippen molar-refractivity contribution in [2.24, 2.45) is 0 Å². The van der Waals surface area contributed by atoms with Gasteiger partial charge in [0.05, 0.1) is 13.5 Å². The Labute approximate surface area is 124 Å². The lowest BCUT2D eigenvalue weighted by molar-refractivity contribution is -0.137. The molecular weight excluding hydrogens is 282 g/mol. The third-order valence-electron chi connectivity index (χ3n) is 3.29. The summed E-state index contributed by atoms with van der Waals surface area (Å²) >= 11 is 0. The lowest BCUT2D eigenvalue weighted by atomic mass is 10.2. The first-order valence-electron chi connectivity index (χ1n) is 6.38. The van der Waals surface area contributed by atoms with Crippen LogP contribution < -0.4 is 9.64 Å². The zero-order chi connectivity index (χ0) is 13.7. The Morgan fingerprint density at radius 1 is 1.40 bits per heavy atom. The van der Waals surface area contributed by atoms with Gasteiger partial charge in [-0.1, -0.05) is 0 Å². The number of halogens is 1. The predicted molar refractivity (Wildman–Crippen MR) is 78.9 cm³/mol. The van der Waals surface area contributed by atoms with Crippen LogP contribution in [0.5, 0.6) is 5.75 Å². The van der Waals surface area contributed by atoms with E-state index in [4.69, 9.17) is 9.84 Å². The molecule has 0 amide bonds. The molecule has 0 unspecified atom stereocenters. The molecule has 1 saturated heterocycles. The van der Waals surface area contributed by atoms with Crippen molar-refractivity contribution < 1.29 is 14.6 Å². The smallest absolute Gasteiger partial charge is 0.304 e. The Morgan fingerprint density at radius 3 is 2.70 bits per heavy atom. The van der Waals surface area contributed by atoms with Crippen LogP contribution in [-0.2, 0) is 4.79 Å². The van der Waals surface area contributed by atoms with Gasteiger partial charge in [-0.05, 0) is 6.07 Å². The van der Waals surface area contributed by atoms with Crippen LogP contribution in [0.25, 0.3) is 0 Å². The van der Waals surface area contributed by atoms with Crippen LogP contribution in [0.15, 0.2) is 18.3 Å². The number of hydrogen-bond donors (Lipinski definition) is 1. The zero-order valence-corrected chi connectivity index (χ0v) is 12.3. The molecule has 2 heterocycles. The van der Waals surface area contributed by atoms with E-state index in [9.17, 15) is 4.79 Å². The van der Waals surface area contributed by atoms with E-state index in [1.807, 2.05) is 12.1 Å². The summed E-state index contributed by atoms with van der Waals surface area (Å²) in [5, 5.41) is 8.67. The second kappa shape index (κ2) is 7.91. The number of methoxy groups -OCH3 is 1. The quantitative estimate of drug-likeness (QED) is 0.879. The van der Waals surface area contributed by atoms with Gasteiger partial charge in [0.15, 0.2) is 0 Å². The van der Waals surface area contributed by atoms with Gasteiger partial charge in [-0.3, -0.25) is 9.69 Å². The molecule has 0 spiro atoms. The second-order valence-corrected chi connectivity index (χ2v) is 4.53. The molecule has 0 bridgehead atoms. The highest BCUT2D eigenvalue weighted by Gasteiger charge is 2.18. The lowest BCUT2D eigenvalue weighted by Crippen LogP contribution is -2.47. The minimum Gasteiger partial charge on any atom is -0.497 e. The molecule has 0 aromatic carbocycles. The largest absolute Gasteiger partial charge is 0.497 e. The highest BCUT2D eigenvalue weighted by Crippen LogP contribution is 2.19. The molecule has 20 heavy (non-hydrogen) atoms. The number of nitrogens with zero attached hydrogens (tertiary/aromatic N) is 3. The summed E-state index contributed by atoms with van der Waals surface area (Å²) in [7, 11) is 1.64. The molecule has 1 aliphatic rings. The van der Waals surface area contributed by atoms with Gasteiger partial charge in [0.1, 0.15) is 11.6 Å². The van der Waals surface area contributed by atoms with Gasteiger partial charge in [-0.2, -0.15) is 0 Å². The molecule has 0 atom stereocenters. The average Bonchev–Trinajstić information content (AvgIpc) is 2.45. The molecule has 112 valence electrons. The molecule has 1 aromatic heterocycles. The van der Waals surface area contributed by atoms with Crippen molar-refractivity contribution in [2.75, 3.05) is 44.7 Å². The molecule has 0 saturated carbocycles. The van der Waals surface area contributed by atoms with Crippen LogP contribution in [0.4, 0.5) is 5.82 Å². The van der Waals surface area contributed by atoms with Crippen molar-refractivity contribution in [2.45, 2.75) is 6.42 Å². The Balaban J connectivity index is 0.00000200. The van der Waals surface area contributed by atoms with Crippen LogP contribution in [0.3, 0.4) is 0 Å². The Hall–Kier alpha value is -1.53. The lowest BCUT2D eigenvalue weighted by Gasteiger charge is -2.35. The molecule has 1 fully saturated rings. The Morgan fingerprint density at radius 2 is 2.10 bits per heavy atom. The summed E-state index contributed by atoms with van der Waals surface area (Å²) < 4.78 is 5.19. The molecule has 2 rings (SSSR count). The minimum atomic E-state index is -0.739. The van der Waals surface area contributed by atoms with E-state index in [1.165, 1.54) is 0 Å².